The molecule has 1 heterocycles. The van der Waals surface area contributed by atoms with Crippen LogP contribution in [-0.4, -0.2) is 17.3 Å². The molecule has 0 radical (unpaired) electrons. The molecule has 1 aromatic carbocycles. The molecule has 0 aliphatic heterocycles. The lowest BCUT2D eigenvalue weighted by Crippen LogP contribution is -2.05. The van der Waals surface area contributed by atoms with E-state index in [1.54, 1.807) is 11.3 Å². The van der Waals surface area contributed by atoms with Crippen molar-refractivity contribution in [3.63, 3.8) is 0 Å². The molecular formula is C15H18N2OS. The van der Waals surface area contributed by atoms with Crippen molar-refractivity contribution in [1.29, 1.82) is 0 Å². The Morgan fingerprint density at radius 1 is 1.26 bits per heavy atom. The van der Waals surface area contributed by atoms with E-state index in [4.69, 9.17) is 5.73 Å². The quantitative estimate of drug-likeness (QED) is 0.853. The van der Waals surface area contributed by atoms with Crippen molar-refractivity contribution >= 4 is 17.1 Å². The summed E-state index contributed by atoms with van der Waals surface area (Å²) in [5.74, 6) is 0.119. The summed E-state index contributed by atoms with van der Waals surface area (Å²) >= 11 is 1.60. The van der Waals surface area contributed by atoms with Gasteiger partial charge in [-0.3, -0.25) is 4.79 Å². The Bertz CT molecular complexity index is 553. The standard InChI is InChI=1S/C15H18N2OS/c1-10-11(2)19-15(17-10)9-14(18)13-5-3-12(4-6-13)7-8-16/h3-6H,7-9,16H2,1-2H3. The summed E-state index contributed by atoms with van der Waals surface area (Å²) in [7, 11) is 0. The van der Waals surface area contributed by atoms with Gasteiger partial charge in [-0.2, -0.15) is 0 Å². The Morgan fingerprint density at radius 2 is 1.95 bits per heavy atom. The van der Waals surface area contributed by atoms with Gasteiger partial charge in [-0.15, -0.1) is 11.3 Å². The molecule has 0 aliphatic carbocycles. The lowest BCUT2D eigenvalue weighted by Gasteiger charge is -2.01. The highest BCUT2D eigenvalue weighted by Crippen LogP contribution is 2.18. The molecule has 0 atom stereocenters. The monoisotopic (exact) mass is 274 g/mol. The molecule has 0 unspecified atom stereocenters. The Balaban J connectivity index is 2.07. The number of Topliss-reactive ketones (excluding diaryl/α,β-unsaturated/α-hetero) is 1. The number of ketones is 1. The minimum Gasteiger partial charge on any atom is -0.330 e. The lowest BCUT2D eigenvalue weighted by atomic mass is 10.0. The second-order valence-corrected chi connectivity index (χ2v) is 5.87. The predicted molar refractivity (Wildman–Crippen MR) is 78.8 cm³/mol. The number of rotatable bonds is 5. The molecule has 100 valence electrons. The van der Waals surface area contributed by atoms with Crippen LogP contribution < -0.4 is 5.73 Å². The highest BCUT2D eigenvalue weighted by Gasteiger charge is 2.11. The van der Waals surface area contributed by atoms with E-state index in [-0.39, 0.29) is 5.78 Å². The van der Waals surface area contributed by atoms with Gasteiger partial charge >= 0.3 is 0 Å². The number of hydrogen-bond acceptors (Lipinski definition) is 4. The van der Waals surface area contributed by atoms with Gasteiger partial charge in [-0.05, 0) is 32.4 Å². The molecule has 0 bridgehead atoms. The summed E-state index contributed by atoms with van der Waals surface area (Å²) in [5, 5.41) is 0.894. The number of aryl methyl sites for hydroxylation is 2. The van der Waals surface area contributed by atoms with Crippen LogP contribution in [0.25, 0.3) is 0 Å². The number of nitrogens with two attached hydrogens (primary N) is 1. The third kappa shape index (κ3) is 3.49. The van der Waals surface area contributed by atoms with E-state index in [1.165, 1.54) is 10.4 Å². The zero-order valence-corrected chi connectivity index (χ0v) is 12.1. The predicted octanol–water partition coefficient (Wildman–Crippen LogP) is 2.69. The smallest absolute Gasteiger partial charge is 0.169 e. The third-order valence-electron chi connectivity index (χ3n) is 3.09. The number of carbonyl (C=O) groups excluding carboxylic acids is 1. The van der Waals surface area contributed by atoms with Gasteiger partial charge in [0.05, 0.1) is 12.1 Å². The molecule has 2 aromatic rings. The number of nitrogens with zero attached hydrogens (tertiary/aromatic N) is 1. The van der Waals surface area contributed by atoms with E-state index in [0.717, 1.165) is 22.7 Å². The highest BCUT2D eigenvalue weighted by atomic mass is 32.1. The van der Waals surface area contributed by atoms with Crippen molar-refractivity contribution in [3.8, 4) is 0 Å². The van der Waals surface area contributed by atoms with Crippen LogP contribution in [0.1, 0.15) is 31.5 Å². The minimum atomic E-state index is 0.119. The second-order valence-electron chi connectivity index (χ2n) is 4.58. The van der Waals surface area contributed by atoms with Gasteiger partial charge in [-0.25, -0.2) is 4.98 Å². The van der Waals surface area contributed by atoms with Gasteiger partial charge in [0, 0.05) is 10.4 Å². The van der Waals surface area contributed by atoms with Gasteiger partial charge in [-0.1, -0.05) is 24.3 Å². The van der Waals surface area contributed by atoms with Gasteiger partial charge in [0.1, 0.15) is 5.01 Å². The van der Waals surface area contributed by atoms with E-state index in [1.807, 2.05) is 38.1 Å². The largest absolute Gasteiger partial charge is 0.330 e. The van der Waals surface area contributed by atoms with Crippen LogP contribution in [-0.2, 0) is 12.8 Å². The van der Waals surface area contributed by atoms with Crippen molar-refractivity contribution in [2.24, 2.45) is 5.73 Å². The van der Waals surface area contributed by atoms with Crippen LogP contribution in [0, 0.1) is 13.8 Å². The summed E-state index contributed by atoms with van der Waals surface area (Å²) in [5.41, 5.74) is 8.43. The maximum absolute atomic E-state index is 12.1. The van der Waals surface area contributed by atoms with Crippen LogP contribution in [0.2, 0.25) is 0 Å². The summed E-state index contributed by atoms with van der Waals surface area (Å²) in [6, 6.07) is 7.69. The molecule has 0 aliphatic rings. The number of hydrogen-bond donors (Lipinski definition) is 1. The topological polar surface area (TPSA) is 56.0 Å². The molecule has 1 aromatic heterocycles. The first-order valence-corrected chi connectivity index (χ1v) is 7.17. The minimum absolute atomic E-state index is 0.119. The molecule has 19 heavy (non-hydrogen) atoms. The first kappa shape index (κ1) is 13.9. The fraction of sp³-hybridized carbons (Fsp3) is 0.333. The van der Waals surface area contributed by atoms with E-state index >= 15 is 0 Å². The van der Waals surface area contributed by atoms with Crippen LogP contribution in [0.4, 0.5) is 0 Å². The summed E-state index contributed by atoms with van der Waals surface area (Å²) in [4.78, 5) is 17.7. The van der Waals surface area contributed by atoms with E-state index in [0.29, 0.717) is 13.0 Å². The van der Waals surface area contributed by atoms with Gasteiger partial charge in [0.25, 0.3) is 0 Å². The molecule has 0 saturated heterocycles. The second kappa shape index (κ2) is 6.08. The number of carbonyl (C=O) groups is 1. The zero-order chi connectivity index (χ0) is 13.8. The SMILES string of the molecule is Cc1nc(CC(=O)c2ccc(CCN)cc2)sc1C. The van der Waals surface area contributed by atoms with E-state index < -0.39 is 0 Å². The average Bonchev–Trinajstić information content (AvgIpc) is 2.69. The van der Waals surface area contributed by atoms with Gasteiger partial charge in [0.2, 0.25) is 0 Å². The first-order chi connectivity index (χ1) is 9.10. The van der Waals surface area contributed by atoms with E-state index in [2.05, 4.69) is 4.98 Å². The number of benzene rings is 1. The molecular weight excluding hydrogens is 256 g/mol. The Hall–Kier alpha value is -1.52. The van der Waals surface area contributed by atoms with Crippen molar-refractivity contribution in [1.82, 2.24) is 4.98 Å². The Labute approximate surface area is 117 Å². The fourth-order valence-corrected chi connectivity index (χ4v) is 2.81. The third-order valence-corrected chi connectivity index (χ3v) is 4.17. The van der Waals surface area contributed by atoms with E-state index in [9.17, 15) is 4.79 Å². The molecule has 3 nitrogen and oxygen atoms in total. The van der Waals surface area contributed by atoms with Crippen molar-refractivity contribution < 1.29 is 4.79 Å². The Kier molecular flexibility index (Phi) is 4.45. The summed E-state index contributed by atoms with van der Waals surface area (Å²) < 4.78 is 0. The van der Waals surface area contributed by atoms with Crippen molar-refractivity contribution in [3.05, 3.63) is 51.0 Å². The molecule has 4 heteroatoms. The number of aromatic nitrogens is 1. The summed E-state index contributed by atoms with van der Waals surface area (Å²) in [6.45, 7) is 4.63. The van der Waals surface area contributed by atoms with Crippen molar-refractivity contribution in [2.45, 2.75) is 26.7 Å². The lowest BCUT2D eigenvalue weighted by molar-refractivity contribution is 0.0993. The maximum atomic E-state index is 12.1. The first-order valence-electron chi connectivity index (χ1n) is 6.35. The molecule has 2 N–H and O–H groups in total. The molecule has 0 fully saturated rings. The van der Waals surface area contributed by atoms with Crippen molar-refractivity contribution in [2.75, 3.05) is 6.54 Å². The number of thiazole rings is 1. The van der Waals surface area contributed by atoms with Crippen LogP contribution in [0.3, 0.4) is 0 Å². The Morgan fingerprint density at radius 3 is 2.47 bits per heavy atom. The molecule has 2 rings (SSSR count). The van der Waals surface area contributed by atoms with Crippen LogP contribution >= 0.6 is 11.3 Å². The normalized spacial score (nSPS) is 10.7. The summed E-state index contributed by atoms with van der Waals surface area (Å²) in [6.07, 6.45) is 1.23. The van der Waals surface area contributed by atoms with Gasteiger partial charge in [0.15, 0.2) is 5.78 Å². The van der Waals surface area contributed by atoms with Crippen LogP contribution in [0.15, 0.2) is 24.3 Å². The molecule has 0 saturated carbocycles. The van der Waals surface area contributed by atoms with Crippen LogP contribution in [0.5, 0.6) is 0 Å². The fourth-order valence-electron chi connectivity index (χ4n) is 1.88. The maximum Gasteiger partial charge on any atom is 0.169 e. The van der Waals surface area contributed by atoms with Gasteiger partial charge < -0.3 is 5.73 Å². The molecule has 0 amide bonds. The average molecular weight is 274 g/mol. The zero-order valence-electron chi connectivity index (χ0n) is 11.3. The highest BCUT2D eigenvalue weighted by molar-refractivity contribution is 7.11. The molecule has 0 spiro atoms.